The van der Waals surface area contributed by atoms with Crippen molar-refractivity contribution in [2.24, 2.45) is 5.73 Å². The van der Waals surface area contributed by atoms with Crippen LogP contribution in [0.5, 0.6) is 0 Å². The lowest BCUT2D eigenvalue weighted by Gasteiger charge is -2.11. The topological polar surface area (TPSA) is 105 Å². The standard InChI is InChI=1S/C21H16N4O2.2ClH/c22-20(23)14-2-1-13-9-16(21(26)25-17-3-6-24-7-4-17)11-19(18(13)10-14)15-5-8-27-12-15;;/h1-12H,(H3,22,23)(H,24,25,26);2*1H. The predicted octanol–water partition coefficient (Wildman–Crippen LogP) is 4.87. The van der Waals surface area contributed by atoms with Gasteiger partial charge in [0, 0.05) is 34.8 Å². The Kier molecular flexibility index (Phi) is 6.98. The molecule has 29 heavy (non-hydrogen) atoms. The Hall–Kier alpha value is -3.35. The molecule has 0 saturated heterocycles. The monoisotopic (exact) mass is 428 g/mol. The van der Waals surface area contributed by atoms with Gasteiger partial charge in [-0.3, -0.25) is 15.2 Å². The van der Waals surface area contributed by atoms with Crippen LogP contribution < -0.4 is 11.1 Å². The van der Waals surface area contributed by atoms with Crippen molar-refractivity contribution in [2.75, 3.05) is 5.32 Å². The van der Waals surface area contributed by atoms with Crippen molar-refractivity contribution in [1.82, 2.24) is 4.98 Å². The average Bonchev–Trinajstić information content (AvgIpc) is 3.22. The van der Waals surface area contributed by atoms with Crippen LogP contribution in [0.25, 0.3) is 21.9 Å². The molecule has 6 nitrogen and oxygen atoms in total. The van der Waals surface area contributed by atoms with E-state index in [0.29, 0.717) is 16.8 Å². The van der Waals surface area contributed by atoms with Crippen LogP contribution in [0, 0.1) is 5.41 Å². The second kappa shape index (κ2) is 9.23. The highest BCUT2D eigenvalue weighted by atomic mass is 35.5. The number of aromatic nitrogens is 1. The highest BCUT2D eigenvalue weighted by molar-refractivity contribution is 6.10. The summed E-state index contributed by atoms with van der Waals surface area (Å²) in [5.41, 5.74) is 9.14. The zero-order valence-electron chi connectivity index (χ0n) is 15.1. The number of anilines is 1. The number of amides is 1. The van der Waals surface area contributed by atoms with Crippen LogP contribution >= 0.6 is 24.8 Å². The fourth-order valence-electron chi connectivity index (χ4n) is 2.95. The van der Waals surface area contributed by atoms with Crippen molar-refractivity contribution in [3.8, 4) is 11.1 Å². The molecule has 0 radical (unpaired) electrons. The second-order valence-electron chi connectivity index (χ2n) is 6.08. The van der Waals surface area contributed by atoms with E-state index in [9.17, 15) is 4.79 Å². The van der Waals surface area contributed by atoms with Gasteiger partial charge >= 0.3 is 0 Å². The number of halogens is 2. The molecule has 2 heterocycles. The molecule has 0 aliphatic rings. The first-order valence-electron chi connectivity index (χ1n) is 8.28. The largest absolute Gasteiger partial charge is 0.472 e. The van der Waals surface area contributed by atoms with Crippen LogP contribution in [0.1, 0.15) is 15.9 Å². The van der Waals surface area contributed by atoms with E-state index in [2.05, 4.69) is 10.3 Å². The number of fused-ring (bicyclic) bond motifs is 1. The van der Waals surface area contributed by atoms with Crippen LogP contribution in [-0.4, -0.2) is 16.7 Å². The second-order valence-corrected chi connectivity index (χ2v) is 6.08. The van der Waals surface area contributed by atoms with Crippen LogP contribution in [0.15, 0.2) is 77.9 Å². The lowest BCUT2D eigenvalue weighted by molar-refractivity contribution is 0.102. The number of hydrogen-bond acceptors (Lipinski definition) is 4. The van der Waals surface area contributed by atoms with E-state index in [-0.39, 0.29) is 36.6 Å². The quantitative estimate of drug-likeness (QED) is 0.318. The van der Waals surface area contributed by atoms with Crippen LogP contribution in [-0.2, 0) is 0 Å². The van der Waals surface area contributed by atoms with E-state index in [0.717, 1.165) is 21.9 Å². The van der Waals surface area contributed by atoms with E-state index >= 15 is 0 Å². The molecule has 1 amide bonds. The first-order chi connectivity index (χ1) is 13.1. The van der Waals surface area contributed by atoms with Crippen molar-refractivity contribution in [2.45, 2.75) is 0 Å². The number of nitrogen functional groups attached to an aromatic ring is 1. The molecule has 8 heteroatoms. The minimum atomic E-state index is -0.219. The number of amidine groups is 1. The SMILES string of the molecule is Cl.Cl.N=C(N)c1ccc2cc(C(=O)Nc3ccncc3)cc(-c3ccoc3)c2c1. The fourth-order valence-corrected chi connectivity index (χ4v) is 2.95. The number of pyridine rings is 1. The van der Waals surface area contributed by atoms with Crippen molar-refractivity contribution in [1.29, 1.82) is 5.41 Å². The van der Waals surface area contributed by atoms with Crippen LogP contribution in [0.3, 0.4) is 0 Å². The molecule has 4 N–H and O–H groups in total. The fraction of sp³-hybridized carbons (Fsp3) is 0. The molecule has 4 aromatic rings. The molecule has 0 fully saturated rings. The zero-order valence-corrected chi connectivity index (χ0v) is 16.7. The molecular weight excluding hydrogens is 411 g/mol. The number of nitrogens with one attached hydrogen (secondary N) is 2. The number of carbonyl (C=O) groups excluding carboxylic acids is 1. The van der Waals surface area contributed by atoms with Crippen molar-refractivity contribution < 1.29 is 9.21 Å². The first-order valence-corrected chi connectivity index (χ1v) is 8.28. The van der Waals surface area contributed by atoms with E-state index in [1.807, 2.05) is 30.3 Å². The van der Waals surface area contributed by atoms with Gasteiger partial charge in [0.2, 0.25) is 0 Å². The number of hydrogen-bond donors (Lipinski definition) is 3. The summed E-state index contributed by atoms with van der Waals surface area (Å²) in [6.45, 7) is 0. The summed E-state index contributed by atoms with van der Waals surface area (Å²) in [4.78, 5) is 16.7. The third kappa shape index (κ3) is 4.56. The predicted molar refractivity (Wildman–Crippen MR) is 119 cm³/mol. The molecule has 0 bridgehead atoms. The normalized spacial score (nSPS) is 9.93. The third-order valence-corrected chi connectivity index (χ3v) is 4.30. The van der Waals surface area contributed by atoms with Gasteiger partial charge in [0.1, 0.15) is 5.84 Å². The zero-order chi connectivity index (χ0) is 18.8. The molecule has 0 aliphatic heterocycles. The molecule has 148 valence electrons. The van der Waals surface area contributed by atoms with E-state index in [4.69, 9.17) is 15.6 Å². The van der Waals surface area contributed by atoms with Crippen molar-refractivity contribution in [3.63, 3.8) is 0 Å². The Morgan fingerprint density at radius 3 is 2.41 bits per heavy atom. The number of nitrogens with two attached hydrogens (primary N) is 1. The number of rotatable bonds is 4. The third-order valence-electron chi connectivity index (χ3n) is 4.30. The minimum Gasteiger partial charge on any atom is -0.472 e. The molecular formula is C21H18Cl2N4O2. The van der Waals surface area contributed by atoms with Crippen LogP contribution in [0.4, 0.5) is 5.69 Å². The number of benzene rings is 2. The highest BCUT2D eigenvalue weighted by Crippen LogP contribution is 2.31. The molecule has 0 atom stereocenters. The number of furan rings is 1. The molecule has 4 rings (SSSR count). The van der Waals surface area contributed by atoms with E-state index in [1.165, 1.54) is 0 Å². The molecule has 2 aromatic heterocycles. The summed E-state index contributed by atoms with van der Waals surface area (Å²) < 4.78 is 5.22. The lowest BCUT2D eigenvalue weighted by Crippen LogP contribution is -2.12. The van der Waals surface area contributed by atoms with E-state index in [1.54, 1.807) is 43.1 Å². The Labute approximate surface area is 179 Å². The van der Waals surface area contributed by atoms with Gasteiger partial charge < -0.3 is 15.5 Å². The van der Waals surface area contributed by atoms with Gasteiger partial charge in [0.15, 0.2) is 0 Å². The van der Waals surface area contributed by atoms with Crippen molar-refractivity contribution in [3.05, 3.63) is 84.6 Å². The van der Waals surface area contributed by atoms with Gasteiger partial charge in [0.25, 0.3) is 5.91 Å². The molecule has 2 aromatic carbocycles. The first kappa shape index (κ1) is 21.9. The Bertz CT molecular complexity index is 1150. The van der Waals surface area contributed by atoms with Gasteiger partial charge in [0.05, 0.1) is 12.5 Å². The number of nitrogens with zero attached hydrogens (tertiary/aromatic N) is 1. The highest BCUT2D eigenvalue weighted by Gasteiger charge is 2.14. The summed E-state index contributed by atoms with van der Waals surface area (Å²) in [7, 11) is 0. The maximum Gasteiger partial charge on any atom is 0.255 e. The number of carbonyl (C=O) groups is 1. The van der Waals surface area contributed by atoms with Gasteiger partial charge in [-0.1, -0.05) is 12.1 Å². The molecule has 0 saturated carbocycles. The Balaban J connectivity index is 0.00000150. The van der Waals surface area contributed by atoms with E-state index < -0.39 is 0 Å². The maximum absolute atomic E-state index is 12.7. The van der Waals surface area contributed by atoms with Gasteiger partial charge in [-0.25, -0.2) is 0 Å². The van der Waals surface area contributed by atoms with Gasteiger partial charge in [-0.15, -0.1) is 24.8 Å². The maximum atomic E-state index is 12.7. The Morgan fingerprint density at radius 2 is 1.76 bits per heavy atom. The summed E-state index contributed by atoms with van der Waals surface area (Å²) >= 11 is 0. The average molecular weight is 429 g/mol. The lowest BCUT2D eigenvalue weighted by atomic mass is 9.95. The van der Waals surface area contributed by atoms with Gasteiger partial charge in [-0.2, -0.15) is 0 Å². The summed E-state index contributed by atoms with van der Waals surface area (Å²) in [6.07, 6.45) is 6.45. The summed E-state index contributed by atoms with van der Waals surface area (Å²) in [5, 5.41) is 12.3. The summed E-state index contributed by atoms with van der Waals surface area (Å²) in [6, 6.07) is 14.4. The van der Waals surface area contributed by atoms with Crippen molar-refractivity contribution >= 4 is 53.0 Å². The molecule has 0 spiro atoms. The summed E-state index contributed by atoms with van der Waals surface area (Å²) in [5.74, 6) is -0.224. The smallest absolute Gasteiger partial charge is 0.255 e. The van der Waals surface area contributed by atoms with Gasteiger partial charge in [-0.05, 0) is 52.7 Å². The molecule has 0 aliphatic carbocycles. The molecule has 0 unspecified atom stereocenters. The minimum absolute atomic E-state index is 0. The van der Waals surface area contributed by atoms with Crippen LogP contribution in [0.2, 0.25) is 0 Å². The Morgan fingerprint density at radius 1 is 1.00 bits per heavy atom.